The summed E-state index contributed by atoms with van der Waals surface area (Å²) in [6, 6.07) is 3.65. The van der Waals surface area contributed by atoms with E-state index in [-0.39, 0.29) is 18.1 Å². The molecule has 5 nitrogen and oxygen atoms in total. The van der Waals surface area contributed by atoms with Crippen LogP contribution in [-0.4, -0.2) is 47.6 Å². The Labute approximate surface area is 119 Å². The van der Waals surface area contributed by atoms with Gasteiger partial charge in [0.15, 0.2) is 0 Å². The maximum atomic E-state index is 12.2. The minimum atomic E-state index is -0.318. The lowest BCUT2D eigenvalue weighted by atomic mass is 9.91. The fourth-order valence-electron chi connectivity index (χ4n) is 3.11. The Balaban J connectivity index is 1.58. The van der Waals surface area contributed by atoms with E-state index in [2.05, 4.69) is 22.1 Å². The molecule has 2 aliphatic heterocycles. The van der Waals surface area contributed by atoms with Crippen LogP contribution >= 0.6 is 0 Å². The number of hydrogen-bond donors (Lipinski definition) is 1. The number of piperidine rings is 1. The number of amides is 1. The van der Waals surface area contributed by atoms with E-state index in [9.17, 15) is 4.79 Å². The molecule has 2 aliphatic rings. The predicted octanol–water partition coefficient (Wildman–Crippen LogP) is 1.52. The molecule has 3 atom stereocenters. The smallest absolute Gasteiger partial charge is 0.253 e. The Bertz CT molecular complexity index is 465. The summed E-state index contributed by atoms with van der Waals surface area (Å²) in [6.45, 7) is 5.30. The molecule has 0 unspecified atom stereocenters. The van der Waals surface area contributed by atoms with Crippen LogP contribution in [0.3, 0.4) is 0 Å². The highest BCUT2D eigenvalue weighted by Crippen LogP contribution is 2.33. The van der Waals surface area contributed by atoms with E-state index in [0.29, 0.717) is 5.92 Å². The number of pyridine rings is 1. The lowest BCUT2D eigenvalue weighted by Gasteiger charge is -2.33. The molecule has 2 saturated heterocycles. The van der Waals surface area contributed by atoms with Crippen LogP contribution in [0.15, 0.2) is 24.5 Å². The summed E-state index contributed by atoms with van der Waals surface area (Å²) in [7, 11) is 0. The van der Waals surface area contributed by atoms with Crippen LogP contribution in [0.25, 0.3) is 0 Å². The second-order valence-corrected chi connectivity index (χ2v) is 5.57. The van der Waals surface area contributed by atoms with Crippen molar-refractivity contribution >= 4 is 11.6 Å². The van der Waals surface area contributed by atoms with Gasteiger partial charge in [-0.2, -0.15) is 0 Å². The highest BCUT2D eigenvalue weighted by Gasteiger charge is 2.41. The number of rotatable bonds is 3. The lowest BCUT2D eigenvalue weighted by Crippen LogP contribution is -2.42. The van der Waals surface area contributed by atoms with Crippen LogP contribution < -0.4 is 5.32 Å². The molecule has 2 fully saturated rings. The van der Waals surface area contributed by atoms with Gasteiger partial charge in [-0.1, -0.05) is 6.92 Å². The first-order chi connectivity index (χ1) is 9.76. The van der Waals surface area contributed by atoms with E-state index < -0.39 is 0 Å². The lowest BCUT2D eigenvalue weighted by molar-refractivity contribution is -0.127. The van der Waals surface area contributed by atoms with Gasteiger partial charge in [0.2, 0.25) is 0 Å². The average Bonchev–Trinajstić information content (AvgIpc) is 2.91. The molecular formula is C15H21N3O2. The van der Waals surface area contributed by atoms with Gasteiger partial charge in [0, 0.05) is 12.7 Å². The Hall–Kier alpha value is -1.46. The number of carbonyl (C=O) groups excluding carboxylic acids is 1. The number of fused-ring (bicyclic) bond motifs is 1. The second kappa shape index (κ2) is 5.89. The zero-order valence-electron chi connectivity index (χ0n) is 11.8. The summed E-state index contributed by atoms with van der Waals surface area (Å²) >= 11 is 0. The van der Waals surface area contributed by atoms with Gasteiger partial charge < -0.3 is 15.0 Å². The first-order valence-corrected chi connectivity index (χ1v) is 7.35. The van der Waals surface area contributed by atoms with Gasteiger partial charge in [-0.15, -0.1) is 0 Å². The third-order valence-corrected chi connectivity index (χ3v) is 4.30. The van der Waals surface area contributed by atoms with Crippen molar-refractivity contribution in [3.8, 4) is 0 Å². The molecule has 0 aromatic carbocycles. The summed E-state index contributed by atoms with van der Waals surface area (Å²) in [4.78, 5) is 18.6. The third-order valence-electron chi connectivity index (χ3n) is 4.30. The van der Waals surface area contributed by atoms with Crippen molar-refractivity contribution in [1.82, 2.24) is 9.88 Å². The fraction of sp³-hybridized carbons (Fsp3) is 0.600. The van der Waals surface area contributed by atoms with E-state index in [1.807, 2.05) is 12.1 Å². The number of anilines is 1. The van der Waals surface area contributed by atoms with Crippen LogP contribution in [0.1, 0.15) is 19.8 Å². The van der Waals surface area contributed by atoms with E-state index in [4.69, 9.17) is 4.74 Å². The predicted molar refractivity (Wildman–Crippen MR) is 76.4 cm³/mol. The molecule has 0 aliphatic carbocycles. The van der Waals surface area contributed by atoms with Gasteiger partial charge in [-0.3, -0.25) is 9.78 Å². The molecule has 20 heavy (non-hydrogen) atoms. The Morgan fingerprint density at radius 3 is 3.25 bits per heavy atom. The van der Waals surface area contributed by atoms with Crippen LogP contribution in [0.5, 0.6) is 0 Å². The first kappa shape index (κ1) is 13.5. The highest BCUT2D eigenvalue weighted by molar-refractivity contribution is 5.94. The Morgan fingerprint density at radius 1 is 1.60 bits per heavy atom. The van der Waals surface area contributed by atoms with Gasteiger partial charge in [0.05, 0.1) is 18.0 Å². The molecule has 1 N–H and O–H groups in total. The SMILES string of the molecule is CCN1CC[C@@H]2C[C@H](C(=O)Nc3cccnc3)O[C@@H]2C1. The highest BCUT2D eigenvalue weighted by atomic mass is 16.5. The number of likely N-dealkylation sites (N-methyl/N-ethyl adjacent to an activating group) is 1. The van der Waals surface area contributed by atoms with Gasteiger partial charge >= 0.3 is 0 Å². The minimum absolute atomic E-state index is 0.0459. The quantitative estimate of drug-likeness (QED) is 0.908. The molecule has 1 aromatic heterocycles. The molecule has 0 saturated carbocycles. The molecule has 108 valence electrons. The number of carbonyl (C=O) groups is 1. The van der Waals surface area contributed by atoms with Crippen LogP contribution in [0.2, 0.25) is 0 Å². The van der Waals surface area contributed by atoms with E-state index in [1.165, 1.54) is 0 Å². The average molecular weight is 275 g/mol. The van der Waals surface area contributed by atoms with Crippen molar-refractivity contribution in [2.24, 2.45) is 5.92 Å². The summed E-state index contributed by atoms with van der Waals surface area (Å²) in [5, 5.41) is 2.88. The zero-order chi connectivity index (χ0) is 13.9. The van der Waals surface area contributed by atoms with Crippen molar-refractivity contribution in [3.63, 3.8) is 0 Å². The standard InChI is InChI=1S/C15H21N3O2/c1-2-18-7-5-11-8-13(20-14(11)10-18)15(19)17-12-4-3-6-16-9-12/h3-4,6,9,11,13-14H,2,5,7-8,10H2,1H3,(H,17,19)/t11-,13-,14-/m1/s1. The molecule has 0 bridgehead atoms. The monoisotopic (exact) mass is 275 g/mol. The van der Waals surface area contributed by atoms with E-state index >= 15 is 0 Å². The maximum absolute atomic E-state index is 12.2. The van der Waals surface area contributed by atoms with Gasteiger partial charge in [0.25, 0.3) is 5.91 Å². The van der Waals surface area contributed by atoms with Crippen LogP contribution in [0, 0.1) is 5.92 Å². The zero-order valence-corrected chi connectivity index (χ0v) is 11.8. The minimum Gasteiger partial charge on any atom is -0.364 e. The summed E-state index contributed by atoms with van der Waals surface area (Å²) in [5.41, 5.74) is 0.728. The molecule has 1 aromatic rings. The fourth-order valence-corrected chi connectivity index (χ4v) is 3.11. The number of nitrogens with zero attached hydrogens (tertiary/aromatic N) is 2. The van der Waals surface area contributed by atoms with Crippen LogP contribution in [0.4, 0.5) is 5.69 Å². The Kier molecular flexibility index (Phi) is 3.98. The summed E-state index contributed by atoms with van der Waals surface area (Å²) in [6.07, 6.45) is 5.22. The van der Waals surface area contributed by atoms with Crippen molar-refractivity contribution in [3.05, 3.63) is 24.5 Å². The molecular weight excluding hydrogens is 254 g/mol. The number of aromatic nitrogens is 1. The first-order valence-electron chi connectivity index (χ1n) is 7.35. The Morgan fingerprint density at radius 2 is 2.50 bits per heavy atom. The van der Waals surface area contributed by atoms with Crippen molar-refractivity contribution in [1.29, 1.82) is 0 Å². The topological polar surface area (TPSA) is 54.5 Å². The molecule has 1 amide bonds. The van der Waals surface area contributed by atoms with E-state index in [1.54, 1.807) is 12.4 Å². The number of ether oxygens (including phenoxy) is 1. The molecule has 0 radical (unpaired) electrons. The van der Waals surface area contributed by atoms with Gasteiger partial charge in [-0.05, 0) is 44.0 Å². The molecule has 3 heterocycles. The van der Waals surface area contributed by atoms with Crippen molar-refractivity contribution in [2.45, 2.75) is 32.0 Å². The normalized spacial score (nSPS) is 29.9. The summed E-state index contributed by atoms with van der Waals surface area (Å²) < 4.78 is 5.96. The second-order valence-electron chi connectivity index (χ2n) is 5.57. The van der Waals surface area contributed by atoms with Gasteiger partial charge in [-0.25, -0.2) is 0 Å². The number of likely N-dealkylation sites (tertiary alicyclic amines) is 1. The van der Waals surface area contributed by atoms with Crippen molar-refractivity contribution in [2.75, 3.05) is 25.0 Å². The maximum Gasteiger partial charge on any atom is 0.253 e. The largest absolute Gasteiger partial charge is 0.364 e. The van der Waals surface area contributed by atoms with Gasteiger partial charge in [0.1, 0.15) is 6.10 Å². The summed E-state index contributed by atoms with van der Waals surface area (Å²) in [5.74, 6) is 0.484. The molecule has 0 spiro atoms. The molecule has 3 rings (SSSR count). The van der Waals surface area contributed by atoms with E-state index in [0.717, 1.165) is 38.2 Å². The third kappa shape index (κ3) is 2.83. The van der Waals surface area contributed by atoms with Crippen LogP contribution in [-0.2, 0) is 9.53 Å². The molecule has 5 heteroatoms. The number of nitrogens with one attached hydrogen (secondary N) is 1. The van der Waals surface area contributed by atoms with Crippen molar-refractivity contribution < 1.29 is 9.53 Å². The number of hydrogen-bond acceptors (Lipinski definition) is 4.